The molecule has 0 aromatic heterocycles. The number of hydrogen-bond donors (Lipinski definition) is 0. The summed E-state index contributed by atoms with van der Waals surface area (Å²) < 4.78 is 0. The van der Waals surface area contributed by atoms with E-state index in [0.29, 0.717) is 5.92 Å². The van der Waals surface area contributed by atoms with Crippen LogP contribution in [0.3, 0.4) is 0 Å². The molecule has 0 radical (unpaired) electrons. The van der Waals surface area contributed by atoms with E-state index in [1.54, 1.807) is 0 Å². The molecule has 0 fully saturated rings. The molecule has 0 aromatic carbocycles. The number of rotatable bonds is 0. The van der Waals surface area contributed by atoms with E-state index in [9.17, 15) is 0 Å². The summed E-state index contributed by atoms with van der Waals surface area (Å²) in [6, 6.07) is 0. The highest BCUT2D eigenvalue weighted by Gasteiger charge is 2.14. The van der Waals surface area contributed by atoms with E-state index >= 15 is 0 Å². The molecule has 56 valence electrons. The van der Waals surface area contributed by atoms with E-state index in [-0.39, 0.29) is 0 Å². The first-order valence-electron chi connectivity index (χ1n) is 3.33. The fourth-order valence-corrected chi connectivity index (χ4v) is 1.71. The van der Waals surface area contributed by atoms with Gasteiger partial charge in [-0.15, -0.1) is 0 Å². The molecule has 1 atom stereocenters. The Hall–Kier alpha value is 0.0600. The van der Waals surface area contributed by atoms with Crippen molar-refractivity contribution >= 4 is 23.2 Å². The van der Waals surface area contributed by atoms with Crippen molar-refractivity contribution in [3.63, 3.8) is 0 Å². The topological polar surface area (TPSA) is 0 Å². The van der Waals surface area contributed by atoms with E-state index in [1.807, 2.05) is 13.0 Å². The van der Waals surface area contributed by atoms with Crippen molar-refractivity contribution in [2.75, 3.05) is 0 Å². The zero-order valence-electron chi connectivity index (χ0n) is 6.12. The molecule has 1 aliphatic rings. The maximum atomic E-state index is 5.88. The minimum Gasteiger partial charge on any atom is -0.0891 e. The normalized spacial score (nSPS) is 26.8. The van der Waals surface area contributed by atoms with Crippen LogP contribution in [0.25, 0.3) is 0 Å². The third-order valence-electron chi connectivity index (χ3n) is 1.90. The van der Waals surface area contributed by atoms with Crippen molar-refractivity contribution in [2.45, 2.75) is 20.3 Å². The molecule has 0 saturated carbocycles. The van der Waals surface area contributed by atoms with Crippen LogP contribution in [0.15, 0.2) is 21.7 Å². The number of hydrogen-bond acceptors (Lipinski definition) is 0. The summed E-state index contributed by atoms with van der Waals surface area (Å²) >= 11 is 11.7. The largest absolute Gasteiger partial charge is 0.0891 e. The summed E-state index contributed by atoms with van der Waals surface area (Å²) in [5.41, 5.74) is 1.24. The summed E-state index contributed by atoms with van der Waals surface area (Å²) in [6.07, 6.45) is 2.77. The lowest BCUT2D eigenvalue weighted by molar-refractivity contribution is 0.677. The molecule has 0 bridgehead atoms. The molecule has 0 aliphatic heterocycles. The zero-order valence-corrected chi connectivity index (χ0v) is 7.63. The SMILES string of the molecule is CC1=C(Cl)C=C(Cl)CC1C. The number of halogens is 2. The fraction of sp³-hybridized carbons (Fsp3) is 0.500. The molecule has 0 N–H and O–H groups in total. The first-order valence-corrected chi connectivity index (χ1v) is 4.09. The van der Waals surface area contributed by atoms with Gasteiger partial charge in [0.2, 0.25) is 0 Å². The van der Waals surface area contributed by atoms with E-state index in [2.05, 4.69) is 6.92 Å². The molecule has 0 nitrogen and oxygen atoms in total. The van der Waals surface area contributed by atoms with Crippen molar-refractivity contribution in [3.05, 3.63) is 21.7 Å². The second kappa shape index (κ2) is 2.98. The van der Waals surface area contributed by atoms with Gasteiger partial charge in [0.15, 0.2) is 0 Å². The monoisotopic (exact) mass is 176 g/mol. The van der Waals surface area contributed by atoms with Gasteiger partial charge in [0, 0.05) is 10.1 Å². The van der Waals surface area contributed by atoms with Crippen molar-refractivity contribution in [1.29, 1.82) is 0 Å². The van der Waals surface area contributed by atoms with Gasteiger partial charge < -0.3 is 0 Å². The molecule has 0 amide bonds. The first kappa shape index (κ1) is 8.16. The Kier molecular flexibility index (Phi) is 2.43. The molecule has 0 aromatic rings. The molecule has 0 spiro atoms. The smallest absolute Gasteiger partial charge is 0.0409 e. The molecule has 1 rings (SSSR count). The Morgan fingerprint density at radius 2 is 2.10 bits per heavy atom. The zero-order chi connectivity index (χ0) is 7.72. The molecule has 1 aliphatic carbocycles. The first-order chi connectivity index (χ1) is 4.61. The van der Waals surface area contributed by atoms with Crippen LogP contribution in [0.2, 0.25) is 0 Å². The van der Waals surface area contributed by atoms with Crippen molar-refractivity contribution < 1.29 is 0 Å². The van der Waals surface area contributed by atoms with Crippen LogP contribution in [0.5, 0.6) is 0 Å². The lowest BCUT2D eigenvalue weighted by atomic mass is 9.94. The Balaban J connectivity index is 2.92. The standard InChI is InChI=1S/C8H10Cl2/c1-5-3-7(9)4-8(10)6(5)2/h4-5H,3H2,1-2H3. The minimum atomic E-state index is 0.505. The molecule has 10 heavy (non-hydrogen) atoms. The Morgan fingerprint density at radius 1 is 1.50 bits per heavy atom. The quantitative estimate of drug-likeness (QED) is 0.529. The third-order valence-corrected chi connectivity index (χ3v) is 2.57. The van der Waals surface area contributed by atoms with Crippen LogP contribution < -0.4 is 0 Å². The van der Waals surface area contributed by atoms with Crippen molar-refractivity contribution in [3.8, 4) is 0 Å². The van der Waals surface area contributed by atoms with Crippen LogP contribution in [0.4, 0.5) is 0 Å². The van der Waals surface area contributed by atoms with E-state index in [1.165, 1.54) is 5.57 Å². The lowest BCUT2D eigenvalue weighted by Crippen LogP contribution is -2.02. The minimum absolute atomic E-state index is 0.505. The average molecular weight is 177 g/mol. The van der Waals surface area contributed by atoms with E-state index in [4.69, 9.17) is 23.2 Å². The van der Waals surface area contributed by atoms with Gasteiger partial charge in [-0.25, -0.2) is 0 Å². The van der Waals surface area contributed by atoms with E-state index in [0.717, 1.165) is 16.5 Å². The van der Waals surface area contributed by atoms with Gasteiger partial charge in [0.05, 0.1) is 0 Å². The fourth-order valence-electron chi connectivity index (χ4n) is 0.991. The molecule has 0 heterocycles. The number of allylic oxidation sites excluding steroid dienone is 4. The highest BCUT2D eigenvalue weighted by atomic mass is 35.5. The summed E-state index contributed by atoms with van der Waals surface area (Å²) in [6.45, 7) is 4.18. The van der Waals surface area contributed by atoms with Gasteiger partial charge in [0.25, 0.3) is 0 Å². The lowest BCUT2D eigenvalue weighted by Gasteiger charge is -2.17. The second-order valence-corrected chi connectivity index (χ2v) is 3.62. The molecular weight excluding hydrogens is 167 g/mol. The third kappa shape index (κ3) is 1.56. The summed E-state index contributed by atoms with van der Waals surface area (Å²) in [5, 5.41) is 1.67. The summed E-state index contributed by atoms with van der Waals surface area (Å²) in [5.74, 6) is 0.505. The van der Waals surface area contributed by atoms with Gasteiger partial charge >= 0.3 is 0 Å². The molecule has 1 unspecified atom stereocenters. The van der Waals surface area contributed by atoms with Gasteiger partial charge in [-0.05, 0) is 25.3 Å². The summed E-state index contributed by atoms with van der Waals surface area (Å²) in [7, 11) is 0. The highest BCUT2D eigenvalue weighted by Crippen LogP contribution is 2.32. The van der Waals surface area contributed by atoms with Gasteiger partial charge in [-0.3, -0.25) is 0 Å². The highest BCUT2D eigenvalue weighted by molar-refractivity contribution is 6.35. The van der Waals surface area contributed by atoms with E-state index < -0.39 is 0 Å². The van der Waals surface area contributed by atoms with Crippen LogP contribution in [0.1, 0.15) is 20.3 Å². The van der Waals surface area contributed by atoms with Gasteiger partial charge in [-0.2, -0.15) is 0 Å². The van der Waals surface area contributed by atoms with Crippen LogP contribution in [-0.4, -0.2) is 0 Å². The maximum absolute atomic E-state index is 5.88. The second-order valence-electron chi connectivity index (χ2n) is 2.73. The van der Waals surface area contributed by atoms with Gasteiger partial charge in [0.1, 0.15) is 0 Å². The van der Waals surface area contributed by atoms with Crippen molar-refractivity contribution in [1.82, 2.24) is 0 Å². The Bertz CT molecular complexity index is 201. The van der Waals surface area contributed by atoms with Crippen LogP contribution in [0, 0.1) is 5.92 Å². The van der Waals surface area contributed by atoms with Crippen molar-refractivity contribution in [2.24, 2.45) is 5.92 Å². The predicted molar refractivity (Wildman–Crippen MR) is 46.3 cm³/mol. The Morgan fingerprint density at radius 3 is 2.60 bits per heavy atom. The van der Waals surface area contributed by atoms with Gasteiger partial charge in [-0.1, -0.05) is 35.7 Å². The molecular formula is C8H10Cl2. The van der Waals surface area contributed by atoms with Crippen LogP contribution >= 0.6 is 23.2 Å². The maximum Gasteiger partial charge on any atom is 0.0409 e. The predicted octanol–water partition coefficient (Wildman–Crippen LogP) is 3.66. The Labute approximate surface area is 71.5 Å². The van der Waals surface area contributed by atoms with Crippen LogP contribution in [-0.2, 0) is 0 Å². The molecule has 0 saturated heterocycles. The summed E-state index contributed by atoms with van der Waals surface area (Å²) in [4.78, 5) is 0. The molecule has 2 heteroatoms. The average Bonchev–Trinajstić information content (AvgIpc) is 1.82.